The molecule has 0 radical (unpaired) electrons. The minimum absolute atomic E-state index is 0.0456. The standard InChI is InChI=1S/C9H12N2O2S/c1-6-5-14-9(11-6)7(2)10-4-3-8(12)13/h3-5,7,10H,1-2H3,(H,12,13)/b4-3+. The quantitative estimate of drug-likeness (QED) is 0.746. The minimum Gasteiger partial charge on any atom is -0.478 e. The third-order valence-corrected chi connectivity index (χ3v) is 2.72. The number of hydrogen-bond donors (Lipinski definition) is 2. The summed E-state index contributed by atoms with van der Waals surface area (Å²) >= 11 is 1.56. The fourth-order valence-electron chi connectivity index (χ4n) is 0.906. The summed E-state index contributed by atoms with van der Waals surface area (Å²) in [6, 6.07) is 0.0456. The molecule has 1 atom stereocenters. The van der Waals surface area contributed by atoms with E-state index in [-0.39, 0.29) is 6.04 Å². The van der Waals surface area contributed by atoms with E-state index < -0.39 is 5.97 Å². The van der Waals surface area contributed by atoms with E-state index in [1.54, 1.807) is 11.3 Å². The van der Waals surface area contributed by atoms with E-state index in [1.807, 2.05) is 19.2 Å². The predicted molar refractivity (Wildman–Crippen MR) is 55.2 cm³/mol. The van der Waals surface area contributed by atoms with Crippen molar-refractivity contribution in [1.29, 1.82) is 0 Å². The SMILES string of the molecule is Cc1csc(C(C)N/C=C/C(=O)O)n1. The second-order valence-corrected chi connectivity index (χ2v) is 3.78. The first-order valence-corrected chi connectivity index (χ1v) is 5.05. The first-order valence-electron chi connectivity index (χ1n) is 4.17. The number of carboxylic acids is 1. The number of thiazole rings is 1. The zero-order valence-electron chi connectivity index (χ0n) is 8.02. The van der Waals surface area contributed by atoms with Gasteiger partial charge in [0.05, 0.1) is 6.04 Å². The predicted octanol–water partition coefficient (Wildman–Crippen LogP) is 1.70. The maximum atomic E-state index is 10.2. The summed E-state index contributed by atoms with van der Waals surface area (Å²) in [4.78, 5) is 14.5. The number of hydrogen-bond acceptors (Lipinski definition) is 4. The van der Waals surface area contributed by atoms with Crippen molar-refractivity contribution in [2.45, 2.75) is 19.9 Å². The second-order valence-electron chi connectivity index (χ2n) is 2.89. The van der Waals surface area contributed by atoms with Crippen molar-refractivity contribution >= 4 is 17.3 Å². The number of aromatic nitrogens is 1. The fourth-order valence-corrected chi connectivity index (χ4v) is 1.72. The van der Waals surface area contributed by atoms with Gasteiger partial charge in [0.15, 0.2) is 0 Å². The summed E-state index contributed by atoms with van der Waals surface area (Å²) in [7, 11) is 0. The molecule has 0 aliphatic heterocycles. The van der Waals surface area contributed by atoms with Crippen LogP contribution in [0.4, 0.5) is 0 Å². The van der Waals surface area contributed by atoms with E-state index in [0.717, 1.165) is 16.8 Å². The van der Waals surface area contributed by atoms with Gasteiger partial charge in [-0.15, -0.1) is 11.3 Å². The summed E-state index contributed by atoms with van der Waals surface area (Å²) in [5, 5.41) is 14.2. The molecular formula is C9H12N2O2S. The van der Waals surface area contributed by atoms with E-state index in [2.05, 4.69) is 10.3 Å². The van der Waals surface area contributed by atoms with Gasteiger partial charge in [-0.25, -0.2) is 9.78 Å². The van der Waals surface area contributed by atoms with Crippen LogP contribution >= 0.6 is 11.3 Å². The van der Waals surface area contributed by atoms with Gasteiger partial charge in [-0.1, -0.05) is 0 Å². The van der Waals surface area contributed by atoms with Crippen LogP contribution in [0, 0.1) is 6.92 Å². The summed E-state index contributed by atoms with van der Waals surface area (Å²) in [5.74, 6) is -0.958. The Labute approximate surface area is 86.3 Å². The molecule has 76 valence electrons. The van der Waals surface area contributed by atoms with Gasteiger partial charge in [-0.3, -0.25) is 0 Å². The van der Waals surface area contributed by atoms with E-state index in [1.165, 1.54) is 6.20 Å². The van der Waals surface area contributed by atoms with Gasteiger partial charge < -0.3 is 10.4 Å². The largest absolute Gasteiger partial charge is 0.478 e. The molecule has 0 saturated carbocycles. The number of aliphatic carboxylic acids is 1. The van der Waals surface area contributed by atoms with Gasteiger partial charge in [-0.05, 0) is 13.8 Å². The number of rotatable bonds is 4. The molecule has 0 bridgehead atoms. The molecule has 5 heteroatoms. The lowest BCUT2D eigenvalue weighted by Gasteiger charge is -2.06. The molecule has 4 nitrogen and oxygen atoms in total. The molecule has 14 heavy (non-hydrogen) atoms. The van der Waals surface area contributed by atoms with Crippen LogP contribution in [-0.4, -0.2) is 16.1 Å². The fraction of sp³-hybridized carbons (Fsp3) is 0.333. The Morgan fingerprint density at radius 3 is 3.00 bits per heavy atom. The maximum absolute atomic E-state index is 10.2. The van der Waals surface area contributed by atoms with Crippen LogP contribution in [0.1, 0.15) is 23.7 Å². The van der Waals surface area contributed by atoms with Crippen molar-refractivity contribution in [2.24, 2.45) is 0 Å². The number of nitrogens with one attached hydrogen (secondary N) is 1. The number of aryl methyl sites for hydroxylation is 1. The third-order valence-electron chi connectivity index (χ3n) is 1.58. The van der Waals surface area contributed by atoms with Crippen LogP contribution in [0.5, 0.6) is 0 Å². The average Bonchev–Trinajstić information content (AvgIpc) is 2.51. The van der Waals surface area contributed by atoms with Crippen LogP contribution in [0.25, 0.3) is 0 Å². The van der Waals surface area contributed by atoms with Crippen LogP contribution in [0.15, 0.2) is 17.7 Å². The zero-order chi connectivity index (χ0) is 10.6. The van der Waals surface area contributed by atoms with Gasteiger partial charge in [0.1, 0.15) is 5.01 Å². The Kier molecular flexibility index (Phi) is 3.64. The van der Waals surface area contributed by atoms with Crippen molar-refractivity contribution in [2.75, 3.05) is 0 Å². The number of carbonyl (C=O) groups is 1. The molecule has 1 heterocycles. The molecule has 0 aromatic carbocycles. The molecule has 0 fully saturated rings. The molecule has 0 aliphatic rings. The highest BCUT2D eigenvalue weighted by Crippen LogP contribution is 2.16. The summed E-state index contributed by atoms with van der Waals surface area (Å²) < 4.78 is 0. The normalized spacial score (nSPS) is 13.0. The second kappa shape index (κ2) is 4.76. The first kappa shape index (κ1) is 10.7. The smallest absolute Gasteiger partial charge is 0.329 e. The van der Waals surface area contributed by atoms with E-state index in [4.69, 9.17) is 5.11 Å². The van der Waals surface area contributed by atoms with Crippen molar-refractivity contribution in [3.05, 3.63) is 28.4 Å². The monoisotopic (exact) mass is 212 g/mol. The van der Waals surface area contributed by atoms with Gasteiger partial charge in [-0.2, -0.15) is 0 Å². The minimum atomic E-state index is -0.958. The van der Waals surface area contributed by atoms with Gasteiger partial charge in [0, 0.05) is 23.3 Å². The van der Waals surface area contributed by atoms with Crippen molar-refractivity contribution in [3.8, 4) is 0 Å². The number of nitrogens with zero attached hydrogens (tertiary/aromatic N) is 1. The van der Waals surface area contributed by atoms with Crippen LogP contribution in [0.3, 0.4) is 0 Å². The van der Waals surface area contributed by atoms with Crippen molar-refractivity contribution < 1.29 is 9.90 Å². The summed E-state index contributed by atoms with van der Waals surface area (Å²) in [6.07, 6.45) is 2.49. The zero-order valence-corrected chi connectivity index (χ0v) is 8.84. The van der Waals surface area contributed by atoms with Crippen LogP contribution in [0.2, 0.25) is 0 Å². The Morgan fingerprint density at radius 1 is 1.79 bits per heavy atom. The Bertz CT molecular complexity index is 346. The highest BCUT2D eigenvalue weighted by Gasteiger charge is 2.06. The summed E-state index contributed by atoms with van der Waals surface area (Å²) in [6.45, 7) is 3.87. The molecular weight excluding hydrogens is 200 g/mol. The molecule has 1 aromatic rings. The topological polar surface area (TPSA) is 62.2 Å². The van der Waals surface area contributed by atoms with E-state index >= 15 is 0 Å². The van der Waals surface area contributed by atoms with Crippen LogP contribution in [-0.2, 0) is 4.79 Å². The molecule has 0 amide bonds. The average molecular weight is 212 g/mol. The molecule has 0 saturated heterocycles. The molecule has 1 unspecified atom stereocenters. The number of carboxylic acid groups (broad SMARTS) is 1. The lowest BCUT2D eigenvalue weighted by molar-refractivity contribution is -0.131. The Morgan fingerprint density at radius 2 is 2.50 bits per heavy atom. The molecule has 0 aliphatic carbocycles. The van der Waals surface area contributed by atoms with Crippen LogP contribution < -0.4 is 5.32 Å². The first-order chi connectivity index (χ1) is 6.59. The highest BCUT2D eigenvalue weighted by atomic mass is 32.1. The molecule has 1 aromatic heterocycles. The lowest BCUT2D eigenvalue weighted by Crippen LogP contribution is -2.11. The summed E-state index contributed by atoms with van der Waals surface area (Å²) in [5.41, 5.74) is 0.987. The van der Waals surface area contributed by atoms with Gasteiger partial charge in [0.25, 0.3) is 0 Å². The van der Waals surface area contributed by atoms with Crippen molar-refractivity contribution in [1.82, 2.24) is 10.3 Å². The lowest BCUT2D eigenvalue weighted by atomic mass is 10.3. The molecule has 2 N–H and O–H groups in total. The van der Waals surface area contributed by atoms with E-state index in [0.29, 0.717) is 0 Å². The van der Waals surface area contributed by atoms with E-state index in [9.17, 15) is 4.79 Å². The Hall–Kier alpha value is -1.36. The van der Waals surface area contributed by atoms with Crippen molar-refractivity contribution in [3.63, 3.8) is 0 Å². The maximum Gasteiger partial charge on any atom is 0.329 e. The van der Waals surface area contributed by atoms with Gasteiger partial charge >= 0.3 is 5.97 Å². The third kappa shape index (κ3) is 3.18. The van der Waals surface area contributed by atoms with Gasteiger partial charge in [0.2, 0.25) is 0 Å². The molecule has 0 spiro atoms. The molecule has 1 rings (SSSR count). The Balaban J connectivity index is 2.50. The highest BCUT2D eigenvalue weighted by molar-refractivity contribution is 7.09.